The lowest BCUT2D eigenvalue weighted by atomic mass is 10.0. The van der Waals surface area contributed by atoms with E-state index in [2.05, 4.69) is 22.5 Å². The molecular formula is C13H12BrF3O2. The van der Waals surface area contributed by atoms with E-state index in [0.717, 1.165) is 6.92 Å². The molecule has 0 N–H and O–H groups in total. The lowest BCUT2D eigenvalue weighted by Gasteiger charge is -2.11. The summed E-state index contributed by atoms with van der Waals surface area (Å²) in [6, 6.07) is 0. The molecule has 0 spiro atoms. The van der Waals surface area contributed by atoms with Crippen molar-refractivity contribution in [1.82, 2.24) is 0 Å². The van der Waals surface area contributed by atoms with Crippen molar-refractivity contribution >= 4 is 21.7 Å². The minimum Gasteiger partial charge on any atom is -0.498 e. The fourth-order valence-corrected chi connectivity index (χ4v) is 1.97. The number of ketones is 1. The van der Waals surface area contributed by atoms with Crippen LogP contribution in [0.1, 0.15) is 29.3 Å². The van der Waals surface area contributed by atoms with Gasteiger partial charge < -0.3 is 4.74 Å². The normalized spacial score (nSPS) is 10.4. The van der Waals surface area contributed by atoms with E-state index in [1.807, 2.05) is 0 Å². The van der Waals surface area contributed by atoms with Crippen molar-refractivity contribution in [3.63, 3.8) is 0 Å². The largest absolute Gasteiger partial charge is 0.498 e. The second-order valence-corrected chi connectivity index (χ2v) is 4.62. The van der Waals surface area contributed by atoms with Crippen LogP contribution in [0.4, 0.5) is 13.2 Å². The summed E-state index contributed by atoms with van der Waals surface area (Å²) in [7, 11) is 0. The predicted octanol–water partition coefficient (Wildman–Crippen LogP) is 4.30. The van der Waals surface area contributed by atoms with E-state index in [4.69, 9.17) is 4.74 Å². The van der Waals surface area contributed by atoms with Gasteiger partial charge in [0.2, 0.25) is 0 Å². The molecule has 0 atom stereocenters. The minimum absolute atomic E-state index is 0.146. The Bertz CT molecular complexity index is 512. The Kier molecular flexibility index (Phi) is 5.17. The molecule has 0 saturated carbocycles. The van der Waals surface area contributed by atoms with Crippen LogP contribution in [0.15, 0.2) is 16.8 Å². The van der Waals surface area contributed by atoms with Crippen molar-refractivity contribution in [2.45, 2.75) is 20.3 Å². The van der Waals surface area contributed by atoms with Gasteiger partial charge in [0.25, 0.3) is 0 Å². The summed E-state index contributed by atoms with van der Waals surface area (Å²) in [5.41, 5.74) is -0.862. The third kappa shape index (κ3) is 3.18. The Morgan fingerprint density at radius 2 is 1.84 bits per heavy atom. The van der Waals surface area contributed by atoms with Crippen LogP contribution in [0.25, 0.3) is 0 Å². The van der Waals surface area contributed by atoms with Crippen molar-refractivity contribution in [3.05, 3.63) is 45.4 Å². The van der Waals surface area contributed by atoms with E-state index in [1.54, 1.807) is 6.92 Å². The van der Waals surface area contributed by atoms with Crippen LogP contribution in [0, 0.1) is 24.4 Å². The molecule has 1 rings (SSSR count). The fraction of sp³-hybridized carbons (Fsp3) is 0.308. The number of Topliss-reactive ketones (excluding diaryl/α,β-unsaturated/α-hetero) is 1. The van der Waals surface area contributed by atoms with Gasteiger partial charge in [0.05, 0.1) is 28.8 Å². The molecule has 1 aromatic carbocycles. The summed E-state index contributed by atoms with van der Waals surface area (Å²) in [6.07, 6.45) is -0.289. The predicted molar refractivity (Wildman–Crippen MR) is 68.5 cm³/mol. The molecule has 0 aliphatic rings. The van der Waals surface area contributed by atoms with Gasteiger partial charge in [-0.2, -0.15) is 0 Å². The van der Waals surface area contributed by atoms with Crippen molar-refractivity contribution in [1.29, 1.82) is 0 Å². The van der Waals surface area contributed by atoms with Crippen LogP contribution < -0.4 is 0 Å². The maximum Gasteiger partial charge on any atom is 0.176 e. The van der Waals surface area contributed by atoms with E-state index in [1.165, 1.54) is 0 Å². The number of halogens is 4. The Morgan fingerprint density at radius 1 is 1.26 bits per heavy atom. The molecule has 0 bridgehead atoms. The van der Waals surface area contributed by atoms with Gasteiger partial charge in [-0.1, -0.05) is 6.58 Å². The number of carbonyl (C=O) groups is 1. The average molecular weight is 337 g/mol. The quantitative estimate of drug-likeness (QED) is 0.347. The third-order valence-electron chi connectivity index (χ3n) is 2.49. The van der Waals surface area contributed by atoms with Crippen molar-refractivity contribution in [2.75, 3.05) is 6.61 Å². The van der Waals surface area contributed by atoms with Gasteiger partial charge in [-0.15, -0.1) is 0 Å². The Balaban J connectivity index is 3.21. The number of carbonyl (C=O) groups excluding carboxylic acids is 1. The van der Waals surface area contributed by atoms with Gasteiger partial charge in [-0.05, 0) is 29.8 Å². The van der Waals surface area contributed by atoms with E-state index in [0.29, 0.717) is 6.61 Å². The summed E-state index contributed by atoms with van der Waals surface area (Å²) in [5, 5.41) is 0. The number of ether oxygens (including phenoxy) is 1. The third-order valence-corrected chi connectivity index (χ3v) is 3.18. The molecule has 0 fully saturated rings. The summed E-state index contributed by atoms with van der Waals surface area (Å²) >= 11 is 2.58. The van der Waals surface area contributed by atoms with Crippen molar-refractivity contribution < 1.29 is 22.7 Å². The smallest absolute Gasteiger partial charge is 0.176 e. The monoisotopic (exact) mass is 336 g/mol. The van der Waals surface area contributed by atoms with Crippen LogP contribution in [-0.2, 0) is 4.74 Å². The first-order valence-corrected chi connectivity index (χ1v) is 6.26. The highest BCUT2D eigenvalue weighted by atomic mass is 79.9. The van der Waals surface area contributed by atoms with E-state index < -0.39 is 33.3 Å². The van der Waals surface area contributed by atoms with Gasteiger partial charge >= 0.3 is 0 Å². The standard InChI is InChI=1S/C13H12BrF3O2/c1-4-19-6(2)5-8(18)9-7(3)11(15)13(17)10(14)12(9)16/h2,4-5H2,1,3H3. The molecule has 0 unspecified atom stereocenters. The van der Waals surface area contributed by atoms with E-state index in [9.17, 15) is 18.0 Å². The van der Waals surface area contributed by atoms with Gasteiger partial charge in [0, 0.05) is 5.56 Å². The van der Waals surface area contributed by atoms with Crippen LogP contribution >= 0.6 is 15.9 Å². The lowest BCUT2D eigenvalue weighted by molar-refractivity contribution is 0.0960. The summed E-state index contributed by atoms with van der Waals surface area (Å²) in [6.45, 7) is 6.65. The second-order valence-electron chi connectivity index (χ2n) is 3.83. The van der Waals surface area contributed by atoms with Crippen LogP contribution in [-0.4, -0.2) is 12.4 Å². The number of hydrogen-bond donors (Lipinski definition) is 0. The Morgan fingerprint density at radius 3 is 2.37 bits per heavy atom. The molecule has 6 heteroatoms. The highest BCUT2D eigenvalue weighted by Gasteiger charge is 2.25. The topological polar surface area (TPSA) is 26.3 Å². The van der Waals surface area contributed by atoms with E-state index >= 15 is 0 Å². The van der Waals surface area contributed by atoms with Crippen LogP contribution in [0.3, 0.4) is 0 Å². The van der Waals surface area contributed by atoms with Crippen LogP contribution in [0.5, 0.6) is 0 Å². The molecular weight excluding hydrogens is 325 g/mol. The first-order valence-electron chi connectivity index (χ1n) is 5.47. The average Bonchev–Trinajstić information content (AvgIpc) is 2.34. The number of hydrogen-bond acceptors (Lipinski definition) is 2. The molecule has 0 amide bonds. The van der Waals surface area contributed by atoms with Gasteiger partial charge in [-0.25, -0.2) is 13.2 Å². The van der Waals surface area contributed by atoms with Crippen LogP contribution in [0.2, 0.25) is 0 Å². The molecule has 0 aromatic heterocycles. The number of allylic oxidation sites excluding steroid dienone is 1. The Labute approximate surface area is 117 Å². The molecule has 1 aromatic rings. The molecule has 19 heavy (non-hydrogen) atoms. The minimum atomic E-state index is -1.35. The second kappa shape index (κ2) is 6.23. The molecule has 0 heterocycles. The van der Waals surface area contributed by atoms with Gasteiger partial charge in [-0.3, -0.25) is 4.79 Å². The molecule has 0 radical (unpaired) electrons. The number of rotatable bonds is 5. The lowest BCUT2D eigenvalue weighted by Crippen LogP contribution is -2.11. The highest BCUT2D eigenvalue weighted by Crippen LogP contribution is 2.30. The molecule has 0 aliphatic carbocycles. The zero-order valence-electron chi connectivity index (χ0n) is 10.4. The zero-order chi connectivity index (χ0) is 14.7. The zero-order valence-corrected chi connectivity index (χ0v) is 12.0. The highest BCUT2D eigenvalue weighted by molar-refractivity contribution is 9.10. The first-order chi connectivity index (χ1) is 8.81. The molecule has 0 aliphatic heterocycles. The summed E-state index contributed by atoms with van der Waals surface area (Å²) in [5.74, 6) is -4.29. The van der Waals surface area contributed by atoms with Crippen molar-refractivity contribution in [2.24, 2.45) is 0 Å². The van der Waals surface area contributed by atoms with Gasteiger partial charge in [0.1, 0.15) is 0 Å². The Hall–Kier alpha value is -1.30. The van der Waals surface area contributed by atoms with Gasteiger partial charge in [0.15, 0.2) is 23.2 Å². The summed E-state index contributed by atoms with van der Waals surface area (Å²) in [4.78, 5) is 11.9. The van der Waals surface area contributed by atoms with Crippen molar-refractivity contribution in [3.8, 4) is 0 Å². The maximum atomic E-state index is 13.8. The summed E-state index contributed by atoms with van der Waals surface area (Å²) < 4.78 is 44.9. The SMILES string of the molecule is C=C(CC(=O)c1c(C)c(F)c(F)c(Br)c1F)OCC. The first kappa shape index (κ1) is 15.8. The number of benzene rings is 1. The molecule has 2 nitrogen and oxygen atoms in total. The van der Waals surface area contributed by atoms with E-state index in [-0.39, 0.29) is 17.7 Å². The fourth-order valence-electron chi connectivity index (χ4n) is 1.60. The maximum absolute atomic E-state index is 13.8. The molecule has 0 saturated heterocycles. The molecule has 104 valence electrons.